The molecule has 1 aromatic carbocycles. The van der Waals surface area contributed by atoms with Crippen molar-refractivity contribution in [1.82, 2.24) is 10.0 Å². The molecule has 1 N–H and O–H groups in total. The van der Waals surface area contributed by atoms with Crippen LogP contribution in [0.3, 0.4) is 0 Å². The maximum atomic E-state index is 12.5. The number of nitrogens with zero attached hydrogens (tertiary/aromatic N) is 2. The van der Waals surface area contributed by atoms with Gasteiger partial charge in [0.05, 0.1) is 12.8 Å². The molecule has 1 heterocycles. The molecule has 9 heteroatoms. The van der Waals surface area contributed by atoms with Gasteiger partial charge >= 0.3 is 12.0 Å². The number of ether oxygens (including phenoxy) is 2. The summed E-state index contributed by atoms with van der Waals surface area (Å²) in [5, 5.41) is 5.64. The number of hydrazine groups is 1. The zero-order valence-corrected chi connectivity index (χ0v) is 14.1. The molecule has 0 aliphatic carbocycles. The molecule has 0 unspecified atom stereocenters. The molecule has 130 valence electrons. The second-order valence-electron chi connectivity index (χ2n) is 5.05. The van der Waals surface area contributed by atoms with Crippen LogP contribution in [-0.2, 0) is 14.3 Å². The van der Waals surface area contributed by atoms with E-state index in [2.05, 4.69) is 10.1 Å². The van der Waals surface area contributed by atoms with Gasteiger partial charge in [0.1, 0.15) is 5.75 Å². The molecule has 1 aliphatic rings. The Morgan fingerprint density at radius 2 is 1.96 bits per heavy atom. The Morgan fingerprint density at radius 1 is 1.25 bits per heavy atom. The third-order valence-corrected chi connectivity index (χ3v) is 3.59. The number of hydrogen-bond acceptors (Lipinski definition) is 5. The largest absolute Gasteiger partial charge is 0.495 e. The van der Waals surface area contributed by atoms with E-state index in [1.165, 1.54) is 24.1 Å². The van der Waals surface area contributed by atoms with E-state index in [4.69, 9.17) is 16.3 Å². The summed E-state index contributed by atoms with van der Waals surface area (Å²) in [5.74, 6) is -0.567. The normalized spacial score (nSPS) is 13.6. The highest BCUT2D eigenvalue weighted by atomic mass is 35.5. The molecule has 8 nitrogen and oxygen atoms in total. The smallest absolute Gasteiger partial charge is 0.340 e. The molecular formula is C15H18ClN3O5. The van der Waals surface area contributed by atoms with Gasteiger partial charge in [-0.2, -0.15) is 0 Å². The summed E-state index contributed by atoms with van der Waals surface area (Å²) in [6.45, 7) is 1.56. The van der Waals surface area contributed by atoms with Crippen LogP contribution in [0.15, 0.2) is 18.2 Å². The molecule has 0 spiro atoms. The Labute approximate surface area is 144 Å². The Morgan fingerprint density at radius 3 is 2.62 bits per heavy atom. The van der Waals surface area contributed by atoms with Crippen molar-refractivity contribution in [3.05, 3.63) is 23.2 Å². The molecule has 1 saturated heterocycles. The molecular weight excluding hydrogens is 338 g/mol. The molecule has 0 saturated carbocycles. The van der Waals surface area contributed by atoms with E-state index in [1.807, 2.05) is 0 Å². The number of benzene rings is 1. The summed E-state index contributed by atoms with van der Waals surface area (Å²) in [7, 11) is 1.48. The summed E-state index contributed by atoms with van der Waals surface area (Å²) in [6.07, 6.45) is 0.631. The van der Waals surface area contributed by atoms with Gasteiger partial charge in [-0.3, -0.25) is 9.59 Å². The summed E-state index contributed by atoms with van der Waals surface area (Å²) < 4.78 is 9.86. The van der Waals surface area contributed by atoms with Crippen molar-refractivity contribution in [2.75, 3.05) is 32.1 Å². The molecule has 1 aromatic rings. The maximum Gasteiger partial charge on any atom is 0.340 e. The van der Waals surface area contributed by atoms with Crippen LogP contribution in [-0.4, -0.2) is 54.7 Å². The van der Waals surface area contributed by atoms with E-state index < -0.39 is 24.5 Å². The standard InChI is InChI=1S/C15H18ClN3O5/c1-10(20)24-9-14(21)18-6-3-7-19(18)15(22)17-12-8-11(16)4-5-13(12)23-2/h4-5,8H,3,6-7,9H2,1-2H3,(H,17,22). The first-order valence-electron chi connectivity index (χ1n) is 7.28. The predicted octanol–water partition coefficient (Wildman–Crippen LogP) is 1.89. The average Bonchev–Trinajstić information content (AvgIpc) is 3.02. The Bertz CT molecular complexity index is 652. The van der Waals surface area contributed by atoms with E-state index in [0.717, 1.165) is 0 Å². The van der Waals surface area contributed by atoms with Gasteiger partial charge in [0.15, 0.2) is 6.61 Å². The number of methoxy groups -OCH3 is 1. The van der Waals surface area contributed by atoms with E-state index in [-0.39, 0.29) is 0 Å². The van der Waals surface area contributed by atoms with Crippen LogP contribution >= 0.6 is 11.6 Å². The van der Waals surface area contributed by atoms with Crippen molar-refractivity contribution < 1.29 is 23.9 Å². The van der Waals surface area contributed by atoms with Crippen LogP contribution in [0, 0.1) is 0 Å². The molecule has 1 fully saturated rings. The van der Waals surface area contributed by atoms with Crippen molar-refractivity contribution in [1.29, 1.82) is 0 Å². The summed E-state index contributed by atoms with van der Waals surface area (Å²) >= 11 is 5.93. The summed E-state index contributed by atoms with van der Waals surface area (Å²) in [5.41, 5.74) is 0.397. The first-order chi connectivity index (χ1) is 11.4. The Balaban J connectivity index is 2.07. The van der Waals surface area contributed by atoms with Crippen LogP contribution in [0.4, 0.5) is 10.5 Å². The Hall–Kier alpha value is -2.48. The topological polar surface area (TPSA) is 88.2 Å². The van der Waals surface area contributed by atoms with Gasteiger partial charge in [0, 0.05) is 25.0 Å². The first kappa shape index (κ1) is 17.9. The minimum absolute atomic E-state index is 0.375. The number of amides is 3. The lowest BCUT2D eigenvalue weighted by atomic mass is 10.3. The SMILES string of the molecule is COc1ccc(Cl)cc1NC(=O)N1CCCN1C(=O)COC(C)=O. The monoisotopic (exact) mass is 355 g/mol. The van der Waals surface area contributed by atoms with Crippen molar-refractivity contribution >= 4 is 35.2 Å². The van der Waals surface area contributed by atoms with Gasteiger partial charge in [-0.05, 0) is 24.6 Å². The van der Waals surface area contributed by atoms with Crippen molar-refractivity contribution in [3.8, 4) is 5.75 Å². The van der Waals surface area contributed by atoms with E-state index in [1.54, 1.807) is 18.2 Å². The third kappa shape index (κ3) is 4.29. The number of urea groups is 1. The van der Waals surface area contributed by atoms with Gasteiger partial charge in [-0.15, -0.1) is 0 Å². The number of rotatable bonds is 4. The number of esters is 1. The maximum absolute atomic E-state index is 12.5. The number of nitrogens with one attached hydrogen (secondary N) is 1. The van der Waals surface area contributed by atoms with Gasteiger partial charge in [-0.25, -0.2) is 14.8 Å². The molecule has 2 rings (SSSR count). The number of carbonyl (C=O) groups excluding carboxylic acids is 3. The number of carbonyl (C=O) groups is 3. The van der Waals surface area contributed by atoms with E-state index in [9.17, 15) is 14.4 Å². The molecule has 1 aliphatic heterocycles. The minimum Gasteiger partial charge on any atom is -0.495 e. The fourth-order valence-corrected chi connectivity index (χ4v) is 2.45. The van der Waals surface area contributed by atoms with Gasteiger partial charge in [0.2, 0.25) is 0 Å². The number of anilines is 1. The lowest BCUT2D eigenvalue weighted by Crippen LogP contribution is -2.48. The lowest BCUT2D eigenvalue weighted by Gasteiger charge is -2.28. The Kier molecular flexibility index (Phi) is 5.86. The first-order valence-corrected chi connectivity index (χ1v) is 7.66. The zero-order valence-electron chi connectivity index (χ0n) is 13.4. The highest BCUT2D eigenvalue weighted by molar-refractivity contribution is 6.31. The molecule has 0 atom stereocenters. The molecule has 0 radical (unpaired) electrons. The fraction of sp³-hybridized carbons (Fsp3) is 0.400. The molecule has 0 aromatic heterocycles. The second kappa shape index (κ2) is 7.87. The molecule has 3 amide bonds. The highest BCUT2D eigenvalue weighted by Gasteiger charge is 2.31. The minimum atomic E-state index is -0.554. The molecule has 24 heavy (non-hydrogen) atoms. The second-order valence-corrected chi connectivity index (χ2v) is 5.49. The van der Waals surface area contributed by atoms with E-state index in [0.29, 0.717) is 36.0 Å². The van der Waals surface area contributed by atoms with Crippen molar-refractivity contribution in [3.63, 3.8) is 0 Å². The summed E-state index contributed by atoms with van der Waals surface area (Å²) in [4.78, 5) is 35.3. The van der Waals surface area contributed by atoms with Gasteiger partial charge < -0.3 is 14.8 Å². The predicted molar refractivity (Wildman–Crippen MR) is 86.7 cm³/mol. The van der Waals surface area contributed by atoms with Crippen molar-refractivity contribution in [2.24, 2.45) is 0 Å². The molecule has 0 bridgehead atoms. The van der Waals surface area contributed by atoms with Crippen LogP contribution in [0.5, 0.6) is 5.75 Å². The van der Waals surface area contributed by atoms with Crippen LogP contribution in [0.25, 0.3) is 0 Å². The van der Waals surface area contributed by atoms with E-state index >= 15 is 0 Å². The van der Waals surface area contributed by atoms with Crippen LogP contribution < -0.4 is 10.1 Å². The van der Waals surface area contributed by atoms with Gasteiger partial charge in [-0.1, -0.05) is 11.6 Å². The van der Waals surface area contributed by atoms with Crippen LogP contribution in [0.1, 0.15) is 13.3 Å². The number of halogens is 1. The quantitative estimate of drug-likeness (QED) is 0.833. The average molecular weight is 356 g/mol. The highest BCUT2D eigenvalue weighted by Crippen LogP contribution is 2.28. The summed E-state index contributed by atoms with van der Waals surface area (Å²) in [6, 6.07) is 4.33. The zero-order chi connectivity index (χ0) is 17.7. The third-order valence-electron chi connectivity index (χ3n) is 3.36. The lowest BCUT2D eigenvalue weighted by molar-refractivity contribution is -0.154. The number of hydrogen-bond donors (Lipinski definition) is 1. The van der Waals surface area contributed by atoms with Crippen LogP contribution in [0.2, 0.25) is 5.02 Å². The van der Waals surface area contributed by atoms with Gasteiger partial charge in [0.25, 0.3) is 5.91 Å². The van der Waals surface area contributed by atoms with Crippen molar-refractivity contribution in [2.45, 2.75) is 13.3 Å². The fourth-order valence-electron chi connectivity index (χ4n) is 2.28.